The molecule has 0 aromatic heterocycles. The van der Waals surface area contributed by atoms with Crippen LogP contribution in [0.5, 0.6) is 0 Å². The molecule has 3 atom stereocenters. The highest BCUT2D eigenvalue weighted by Gasteiger charge is 2.36. The Balaban J connectivity index is 1.94. The summed E-state index contributed by atoms with van der Waals surface area (Å²) in [5.74, 6) is 0.989. The van der Waals surface area contributed by atoms with E-state index in [1.807, 2.05) is 18.2 Å². The molecule has 0 bridgehead atoms. The van der Waals surface area contributed by atoms with E-state index >= 15 is 0 Å². The molecule has 0 unspecified atom stereocenters. The summed E-state index contributed by atoms with van der Waals surface area (Å²) in [5, 5.41) is 0. The quantitative estimate of drug-likeness (QED) is 0.607. The van der Waals surface area contributed by atoms with Crippen LogP contribution >= 0.6 is 0 Å². The van der Waals surface area contributed by atoms with E-state index in [9.17, 15) is 9.59 Å². The summed E-state index contributed by atoms with van der Waals surface area (Å²) in [6.07, 6.45) is 3.13. The molecule has 22 heavy (non-hydrogen) atoms. The van der Waals surface area contributed by atoms with Crippen LogP contribution < -0.4 is 0 Å². The summed E-state index contributed by atoms with van der Waals surface area (Å²) < 4.78 is 5.34. The normalized spacial score (nSPS) is 25.0. The van der Waals surface area contributed by atoms with Crippen molar-refractivity contribution in [2.24, 2.45) is 23.7 Å². The molecule has 0 radical (unpaired) electrons. The van der Waals surface area contributed by atoms with E-state index in [4.69, 9.17) is 4.74 Å². The van der Waals surface area contributed by atoms with Crippen molar-refractivity contribution in [3.8, 4) is 0 Å². The lowest BCUT2D eigenvalue weighted by molar-refractivity contribution is -0.152. The number of benzene rings is 1. The number of Topliss-reactive ketones (excluding diaryl/α,β-unsaturated/α-hetero) is 1. The number of ketones is 1. The third kappa shape index (κ3) is 4.19. The van der Waals surface area contributed by atoms with Gasteiger partial charge in [0.15, 0.2) is 12.4 Å². The minimum atomic E-state index is -0.200. The van der Waals surface area contributed by atoms with E-state index in [1.165, 1.54) is 6.42 Å². The molecule has 1 fully saturated rings. The molecule has 0 saturated heterocycles. The largest absolute Gasteiger partial charge is 0.457 e. The molecule has 3 nitrogen and oxygen atoms in total. The Labute approximate surface area is 133 Å². The molecule has 0 N–H and O–H groups in total. The van der Waals surface area contributed by atoms with Gasteiger partial charge in [-0.05, 0) is 30.6 Å². The predicted molar refractivity (Wildman–Crippen MR) is 86.6 cm³/mol. The van der Waals surface area contributed by atoms with Crippen LogP contribution in [0, 0.1) is 23.7 Å². The maximum absolute atomic E-state index is 12.4. The summed E-state index contributed by atoms with van der Waals surface area (Å²) in [6, 6.07) is 8.98. The lowest BCUT2D eigenvalue weighted by atomic mass is 9.70. The van der Waals surface area contributed by atoms with Gasteiger partial charge < -0.3 is 4.74 Å². The Hall–Kier alpha value is -1.64. The SMILES string of the molecule is CC(C)[C@H]1CC[C@H](C)C[C@H]1C(=O)OCC(=O)c1ccccc1. The lowest BCUT2D eigenvalue weighted by Crippen LogP contribution is -2.35. The van der Waals surface area contributed by atoms with Gasteiger partial charge in [-0.1, -0.05) is 57.5 Å². The Kier molecular flexibility index (Phi) is 5.76. The number of ether oxygens (including phenoxy) is 1. The van der Waals surface area contributed by atoms with Crippen molar-refractivity contribution in [3.63, 3.8) is 0 Å². The third-order valence-corrected chi connectivity index (χ3v) is 4.77. The molecule has 1 aromatic rings. The number of carbonyl (C=O) groups is 2. The zero-order valence-corrected chi connectivity index (χ0v) is 13.7. The zero-order chi connectivity index (χ0) is 16.1. The number of esters is 1. The van der Waals surface area contributed by atoms with Crippen LogP contribution in [0.25, 0.3) is 0 Å². The van der Waals surface area contributed by atoms with Crippen LogP contribution in [0.3, 0.4) is 0 Å². The van der Waals surface area contributed by atoms with E-state index in [-0.39, 0.29) is 24.3 Å². The van der Waals surface area contributed by atoms with Crippen LogP contribution in [0.2, 0.25) is 0 Å². The lowest BCUT2D eigenvalue weighted by Gasteiger charge is -2.35. The van der Waals surface area contributed by atoms with E-state index < -0.39 is 0 Å². The van der Waals surface area contributed by atoms with Crippen LogP contribution in [0.1, 0.15) is 50.4 Å². The average Bonchev–Trinajstić information content (AvgIpc) is 2.52. The monoisotopic (exact) mass is 302 g/mol. The van der Waals surface area contributed by atoms with Gasteiger partial charge >= 0.3 is 5.97 Å². The fourth-order valence-corrected chi connectivity index (χ4v) is 3.42. The van der Waals surface area contributed by atoms with Gasteiger partial charge in [-0.3, -0.25) is 9.59 Å². The van der Waals surface area contributed by atoms with Crippen LogP contribution in [-0.4, -0.2) is 18.4 Å². The van der Waals surface area contributed by atoms with Crippen LogP contribution in [-0.2, 0) is 9.53 Å². The van der Waals surface area contributed by atoms with Gasteiger partial charge in [-0.15, -0.1) is 0 Å². The van der Waals surface area contributed by atoms with Crippen molar-refractivity contribution in [2.45, 2.75) is 40.0 Å². The summed E-state index contributed by atoms with van der Waals surface area (Å²) >= 11 is 0. The zero-order valence-electron chi connectivity index (χ0n) is 13.7. The van der Waals surface area contributed by atoms with Crippen molar-refractivity contribution in [1.82, 2.24) is 0 Å². The molecule has 1 aromatic carbocycles. The Morgan fingerprint density at radius 2 is 1.86 bits per heavy atom. The van der Waals surface area contributed by atoms with Gasteiger partial charge in [-0.2, -0.15) is 0 Å². The van der Waals surface area contributed by atoms with Crippen molar-refractivity contribution >= 4 is 11.8 Å². The van der Waals surface area contributed by atoms with Gasteiger partial charge in [0.05, 0.1) is 5.92 Å². The van der Waals surface area contributed by atoms with Crippen molar-refractivity contribution < 1.29 is 14.3 Å². The first-order valence-electron chi connectivity index (χ1n) is 8.24. The second kappa shape index (κ2) is 7.57. The summed E-state index contributed by atoms with van der Waals surface area (Å²) in [4.78, 5) is 24.5. The van der Waals surface area contributed by atoms with E-state index in [1.54, 1.807) is 12.1 Å². The Bertz CT molecular complexity index is 507. The molecule has 0 spiro atoms. The minimum Gasteiger partial charge on any atom is -0.457 e. The molecule has 1 saturated carbocycles. The molecule has 1 aliphatic rings. The maximum Gasteiger partial charge on any atom is 0.309 e. The number of hydrogen-bond donors (Lipinski definition) is 0. The molecule has 3 heteroatoms. The summed E-state index contributed by atoms with van der Waals surface area (Å²) in [6.45, 7) is 6.36. The van der Waals surface area contributed by atoms with Crippen LogP contribution in [0.4, 0.5) is 0 Å². The molecule has 2 rings (SSSR count). The van der Waals surface area contributed by atoms with Gasteiger partial charge in [0, 0.05) is 5.56 Å². The highest BCUT2D eigenvalue weighted by atomic mass is 16.5. The standard InChI is InChI=1S/C19H26O3/c1-13(2)16-10-9-14(3)11-17(16)19(21)22-12-18(20)15-7-5-4-6-8-15/h4-8,13-14,16-17H,9-12H2,1-3H3/t14-,16+,17+/m0/s1. The smallest absolute Gasteiger partial charge is 0.309 e. The second-order valence-corrected chi connectivity index (χ2v) is 6.83. The summed E-state index contributed by atoms with van der Waals surface area (Å²) in [7, 11) is 0. The van der Waals surface area contributed by atoms with Crippen molar-refractivity contribution in [1.29, 1.82) is 0 Å². The second-order valence-electron chi connectivity index (χ2n) is 6.83. The van der Waals surface area contributed by atoms with Gasteiger partial charge in [0.1, 0.15) is 0 Å². The fraction of sp³-hybridized carbons (Fsp3) is 0.579. The first-order chi connectivity index (χ1) is 10.5. The number of rotatable bonds is 5. The maximum atomic E-state index is 12.4. The molecule has 1 aliphatic carbocycles. The fourth-order valence-electron chi connectivity index (χ4n) is 3.42. The van der Waals surface area contributed by atoms with E-state index in [2.05, 4.69) is 20.8 Å². The predicted octanol–water partition coefficient (Wildman–Crippen LogP) is 4.12. The molecule has 0 heterocycles. The number of hydrogen-bond acceptors (Lipinski definition) is 3. The molecular weight excluding hydrogens is 276 g/mol. The molecule has 0 aliphatic heterocycles. The van der Waals surface area contributed by atoms with Crippen LogP contribution in [0.15, 0.2) is 30.3 Å². The minimum absolute atomic E-state index is 0.0627. The highest BCUT2D eigenvalue weighted by Crippen LogP contribution is 2.38. The first-order valence-corrected chi connectivity index (χ1v) is 8.24. The van der Waals surface area contributed by atoms with Gasteiger partial charge in [-0.25, -0.2) is 0 Å². The van der Waals surface area contributed by atoms with Gasteiger partial charge in [0.2, 0.25) is 0 Å². The Morgan fingerprint density at radius 3 is 2.50 bits per heavy atom. The van der Waals surface area contributed by atoms with E-state index in [0.717, 1.165) is 12.8 Å². The number of carbonyl (C=O) groups excluding carboxylic acids is 2. The molecule has 0 amide bonds. The van der Waals surface area contributed by atoms with Gasteiger partial charge in [0.25, 0.3) is 0 Å². The van der Waals surface area contributed by atoms with E-state index in [0.29, 0.717) is 23.3 Å². The van der Waals surface area contributed by atoms with Crippen molar-refractivity contribution in [3.05, 3.63) is 35.9 Å². The third-order valence-electron chi connectivity index (χ3n) is 4.77. The molecular formula is C19H26O3. The highest BCUT2D eigenvalue weighted by molar-refractivity contribution is 5.97. The Morgan fingerprint density at radius 1 is 1.18 bits per heavy atom. The summed E-state index contributed by atoms with van der Waals surface area (Å²) in [5.41, 5.74) is 0.590. The molecule has 120 valence electrons. The average molecular weight is 302 g/mol. The van der Waals surface area contributed by atoms with Crippen molar-refractivity contribution in [2.75, 3.05) is 6.61 Å². The topological polar surface area (TPSA) is 43.4 Å². The first kappa shape index (κ1) is 16.7.